The van der Waals surface area contributed by atoms with E-state index >= 15 is 0 Å². The van der Waals surface area contributed by atoms with E-state index < -0.39 is 18.5 Å². The minimum atomic E-state index is -2.89. The van der Waals surface area contributed by atoms with Gasteiger partial charge in [-0.05, 0) is 42.3 Å². The summed E-state index contributed by atoms with van der Waals surface area (Å²) in [5, 5.41) is 12.4. The molecule has 1 fully saturated rings. The van der Waals surface area contributed by atoms with Gasteiger partial charge in [-0.1, -0.05) is 19.1 Å². The molecule has 148 valence electrons. The lowest BCUT2D eigenvalue weighted by atomic mass is 9.99. The van der Waals surface area contributed by atoms with E-state index in [2.05, 4.69) is 10.1 Å². The molecular weight excluding hydrogens is 370 g/mol. The maximum Gasteiger partial charge on any atom is 0.387 e. The zero-order valence-electron chi connectivity index (χ0n) is 15.1. The Bertz CT molecular complexity index is 858. The molecule has 0 unspecified atom stereocenters. The predicted molar refractivity (Wildman–Crippen MR) is 99.0 cm³/mol. The average Bonchev–Trinajstić information content (AvgIpc) is 3.05. The van der Waals surface area contributed by atoms with Crippen LogP contribution in [0.15, 0.2) is 48.5 Å². The number of carbonyl (C=O) groups is 2. The third-order valence-electron chi connectivity index (χ3n) is 4.73. The monoisotopic (exact) mass is 390 g/mol. The molecule has 28 heavy (non-hydrogen) atoms. The van der Waals surface area contributed by atoms with E-state index in [-0.39, 0.29) is 24.1 Å². The number of carboxylic acids is 1. The van der Waals surface area contributed by atoms with E-state index in [4.69, 9.17) is 0 Å². The van der Waals surface area contributed by atoms with Crippen LogP contribution in [0.1, 0.15) is 17.3 Å². The van der Waals surface area contributed by atoms with Crippen molar-refractivity contribution in [2.24, 2.45) is 11.8 Å². The Morgan fingerprint density at radius 3 is 2.43 bits per heavy atom. The summed E-state index contributed by atoms with van der Waals surface area (Å²) in [6.45, 7) is -0.526. The van der Waals surface area contributed by atoms with E-state index in [1.165, 1.54) is 12.1 Å². The fourth-order valence-corrected chi connectivity index (χ4v) is 3.28. The first-order chi connectivity index (χ1) is 13.3. The van der Waals surface area contributed by atoms with Gasteiger partial charge in [-0.2, -0.15) is 8.78 Å². The zero-order valence-corrected chi connectivity index (χ0v) is 15.1. The number of nitrogens with zero attached hydrogens (tertiary/aromatic N) is 1. The van der Waals surface area contributed by atoms with E-state index in [0.717, 1.165) is 0 Å². The predicted octanol–water partition coefficient (Wildman–Crippen LogP) is 3.82. The highest BCUT2D eigenvalue weighted by Crippen LogP contribution is 2.28. The average molecular weight is 390 g/mol. The molecule has 1 amide bonds. The molecule has 8 heteroatoms. The van der Waals surface area contributed by atoms with Gasteiger partial charge in [0.15, 0.2) is 0 Å². The van der Waals surface area contributed by atoms with Crippen LogP contribution in [0.3, 0.4) is 0 Å². The number of hydrogen-bond donors (Lipinski definition) is 2. The van der Waals surface area contributed by atoms with Crippen molar-refractivity contribution in [1.82, 2.24) is 4.90 Å². The van der Waals surface area contributed by atoms with Crippen LogP contribution in [0.5, 0.6) is 5.75 Å². The number of hydrogen-bond acceptors (Lipinski definition) is 4. The van der Waals surface area contributed by atoms with E-state index in [0.29, 0.717) is 23.5 Å². The van der Waals surface area contributed by atoms with Gasteiger partial charge in [0.1, 0.15) is 5.75 Å². The summed E-state index contributed by atoms with van der Waals surface area (Å²) in [5.74, 6) is -1.82. The Morgan fingerprint density at radius 2 is 1.82 bits per heavy atom. The van der Waals surface area contributed by atoms with Crippen LogP contribution < -0.4 is 10.1 Å². The SMILES string of the molecule is C[C@@H]1CN(C(=O)c2ccccc2Nc2ccc(OC(F)F)cc2)C[C@H]1C(=O)O. The lowest BCUT2D eigenvalue weighted by molar-refractivity contribution is -0.142. The number of likely N-dealkylation sites (tertiary alicyclic amines) is 1. The Kier molecular flexibility index (Phi) is 5.77. The number of amides is 1. The van der Waals surface area contributed by atoms with E-state index in [1.807, 2.05) is 6.92 Å². The molecule has 1 heterocycles. The standard InChI is InChI=1S/C20H20F2N2O4/c1-12-10-24(11-16(12)19(26)27)18(25)15-4-2-3-5-17(15)23-13-6-8-14(9-7-13)28-20(21)22/h2-9,12,16,20,23H,10-11H2,1H3,(H,26,27)/t12-,16-/m1/s1. The summed E-state index contributed by atoms with van der Waals surface area (Å²) in [5.41, 5.74) is 1.55. The third-order valence-corrected chi connectivity index (χ3v) is 4.73. The van der Waals surface area contributed by atoms with Crippen molar-refractivity contribution >= 4 is 23.3 Å². The summed E-state index contributed by atoms with van der Waals surface area (Å²) in [6, 6.07) is 12.8. The molecule has 0 bridgehead atoms. The van der Waals surface area contributed by atoms with E-state index in [1.54, 1.807) is 41.3 Å². The van der Waals surface area contributed by atoms with Gasteiger partial charge in [-0.3, -0.25) is 9.59 Å². The number of nitrogens with one attached hydrogen (secondary N) is 1. The van der Waals surface area contributed by atoms with Crippen LogP contribution in [0.2, 0.25) is 0 Å². The van der Waals surface area contributed by atoms with Crippen LogP contribution in [-0.2, 0) is 4.79 Å². The molecule has 6 nitrogen and oxygen atoms in total. The Hall–Kier alpha value is -3.16. The molecule has 1 saturated heterocycles. The van der Waals surface area contributed by atoms with Gasteiger partial charge in [-0.15, -0.1) is 0 Å². The highest BCUT2D eigenvalue weighted by atomic mass is 19.3. The molecule has 0 aliphatic carbocycles. The minimum absolute atomic E-state index is 0.0377. The molecule has 2 aromatic rings. The largest absolute Gasteiger partial charge is 0.481 e. The summed E-state index contributed by atoms with van der Waals surface area (Å²) in [6.07, 6.45) is 0. The second kappa shape index (κ2) is 8.24. The molecule has 2 atom stereocenters. The van der Waals surface area contributed by atoms with Crippen LogP contribution in [0.4, 0.5) is 20.2 Å². The number of aliphatic carboxylic acids is 1. The molecule has 1 aliphatic heterocycles. The van der Waals surface area contributed by atoms with Crippen molar-refractivity contribution in [2.45, 2.75) is 13.5 Å². The first-order valence-corrected chi connectivity index (χ1v) is 8.78. The first kappa shape index (κ1) is 19.6. The smallest absolute Gasteiger partial charge is 0.387 e. The van der Waals surface area contributed by atoms with Gasteiger partial charge in [0.25, 0.3) is 5.91 Å². The number of para-hydroxylation sites is 1. The fourth-order valence-electron chi connectivity index (χ4n) is 3.28. The quantitative estimate of drug-likeness (QED) is 0.784. The van der Waals surface area contributed by atoms with Crippen molar-refractivity contribution in [3.63, 3.8) is 0 Å². The number of benzene rings is 2. The van der Waals surface area contributed by atoms with Gasteiger partial charge in [0.05, 0.1) is 17.2 Å². The molecule has 0 spiro atoms. The number of anilines is 2. The highest BCUT2D eigenvalue weighted by Gasteiger charge is 2.37. The Labute approximate surface area is 160 Å². The van der Waals surface area contributed by atoms with Crippen LogP contribution in [0.25, 0.3) is 0 Å². The second-order valence-electron chi connectivity index (χ2n) is 6.71. The molecule has 0 radical (unpaired) electrons. The number of ether oxygens (including phenoxy) is 1. The summed E-state index contributed by atoms with van der Waals surface area (Å²) in [4.78, 5) is 25.8. The lowest BCUT2D eigenvalue weighted by Gasteiger charge is -2.19. The van der Waals surface area contributed by atoms with Crippen LogP contribution in [0, 0.1) is 11.8 Å². The van der Waals surface area contributed by atoms with Crippen molar-refractivity contribution in [1.29, 1.82) is 0 Å². The summed E-state index contributed by atoms with van der Waals surface area (Å²) in [7, 11) is 0. The van der Waals surface area contributed by atoms with Gasteiger partial charge in [0.2, 0.25) is 0 Å². The normalized spacial score (nSPS) is 18.9. The highest BCUT2D eigenvalue weighted by molar-refractivity contribution is 6.00. The van der Waals surface area contributed by atoms with Crippen LogP contribution >= 0.6 is 0 Å². The van der Waals surface area contributed by atoms with Crippen molar-refractivity contribution < 1.29 is 28.2 Å². The number of carboxylic acid groups (broad SMARTS) is 1. The summed E-state index contributed by atoms with van der Waals surface area (Å²) >= 11 is 0. The fraction of sp³-hybridized carbons (Fsp3) is 0.300. The topological polar surface area (TPSA) is 78.9 Å². The molecule has 0 saturated carbocycles. The molecule has 2 N–H and O–H groups in total. The van der Waals surface area contributed by atoms with Crippen LogP contribution in [-0.4, -0.2) is 41.6 Å². The number of alkyl halides is 2. The molecule has 1 aliphatic rings. The molecule has 0 aromatic heterocycles. The van der Waals surface area contributed by atoms with Crippen molar-refractivity contribution in [3.8, 4) is 5.75 Å². The second-order valence-corrected chi connectivity index (χ2v) is 6.71. The zero-order chi connectivity index (χ0) is 20.3. The van der Waals surface area contributed by atoms with Gasteiger partial charge in [-0.25, -0.2) is 0 Å². The van der Waals surface area contributed by atoms with Gasteiger partial charge in [0, 0.05) is 18.8 Å². The van der Waals surface area contributed by atoms with Gasteiger partial charge < -0.3 is 20.1 Å². The van der Waals surface area contributed by atoms with Crippen molar-refractivity contribution in [3.05, 3.63) is 54.1 Å². The van der Waals surface area contributed by atoms with E-state index in [9.17, 15) is 23.5 Å². The Morgan fingerprint density at radius 1 is 1.14 bits per heavy atom. The maximum absolute atomic E-state index is 12.9. The third kappa shape index (κ3) is 4.39. The molecule has 2 aromatic carbocycles. The molecule has 3 rings (SSSR count). The van der Waals surface area contributed by atoms with Gasteiger partial charge >= 0.3 is 12.6 Å². The Balaban J connectivity index is 1.76. The van der Waals surface area contributed by atoms with Crippen molar-refractivity contribution in [2.75, 3.05) is 18.4 Å². The number of halogens is 2. The summed E-state index contributed by atoms with van der Waals surface area (Å²) < 4.78 is 28.8. The number of carbonyl (C=O) groups excluding carboxylic acids is 1. The lowest BCUT2D eigenvalue weighted by Crippen LogP contribution is -2.30. The molecular formula is C20H20F2N2O4. The number of rotatable bonds is 6. The minimum Gasteiger partial charge on any atom is -0.481 e. The maximum atomic E-state index is 12.9. The first-order valence-electron chi connectivity index (χ1n) is 8.78.